The smallest absolute Gasteiger partial charge is 0.251 e. The molecule has 0 radical (unpaired) electrons. The van der Waals surface area contributed by atoms with Crippen LogP contribution < -0.4 is 10.6 Å². The Bertz CT molecular complexity index is 456. The molecule has 20 heavy (non-hydrogen) atoms. The number of hydrogen-bond donors (Lipinski definition) is 2. The predicted molar refractivity (Wildman–Crippen MR) is 83.4 cm³/mol. The molecule has 0 unspecified atom stereocenters. The maximum absolute atomic E-state index is 12.2. The number of anilines is 1. The minimum Gasteiger partial charge on any atom is -0.385 e. The lowest BCUT2D eigenvalue weighted by molar-refractivity contribution is 0.0820. The third-order valence-corrected chi connectivity index (χ3v) is 3.01. The van der Waals surface area contributed by atoms with Gasteiger partial charge in [0.05, 0.1) is 12.1 Å². The fraction of sp³-hybridized carbons (Fsp3) is 0.562. The normalized spacial score (nSPS) is 11.2. The van der Waals surface area contributed by atoms with Crippen molar-refractivity contribution in [3.8, 4) is 0 Å². The lowest BCUT2D eigenvalue weighted by atomic mass is 10.0. The lowest BCUT2D eigenvalue weighted by Crippen LogP contribution is -2.46. The highest BCUT2D eigenvalue weighted by atomic mass is 16.5. The molecule has 0 atom stereocenters. The number of nitrogens with one attached hydrogen (secondary N) is 2. The summed E-state index contributed by atoms with van der Waals surface area (Å²) in [7, 11) is 1.63. The van der Waals surface area contributed by atoms with E-state index < -0.39 is 0 Å². The quantitative estimate of drug-likeness (QED) is 0.806. The van der Waals surface area contributed by atoms with Gasteiger partial charge in [0, 0.05) is 24.9 Å². The van der Waals surface area contributed by atoms with E-state index >= 15 is 0 Å². The summed E-state index contributed by atoms with van der Waals surface area (Å²) in [6.07, 6.45) is 1.08. The Labute approximate surface area is 121 Å². The average molecular weight is 278 g/mol. The van der Waals surface area contributed by atoms with E-state index in [1.54, 1.807) is 7.11 Å². The first-order valence-electron chi connectivity index (χ1n) is 7.05. The first-order valence-corrected chi connectivity index (χ1v) is 7.05. The van der Waals surface area contributed by atoms with Crippen LogP contribution in [0.3, 0.4) is 0 Å². The van der Waals surface area contributed by atoms with Crippen molar-refractivity contribution in [2.24, 2.45) is 0 Å². The fourth-order valence-corrected chi connectivity index (χ4v) is 2.04. The zero-order chi connectivity index (χ0) is 15.2. The van der Waals surface area contributed by atoms with Crippen LogP contribution in [0.2, 0.25) is 0 Å². The summed E-state index contributed by atoms with van der Waals surface area (Å²) in [5.41, 5.74) is 2.46. The van der Waals surface area contributed by atoms with Gasteiger partial charge in [-0.25, -0.2) is 0 Å². The molecule has 0 fully saturated rings. The van der Waals surface area contributed by atoms with Crippen molar-refractivity contribution in [1.29, 1.82) is 0 Å². The Morgan fingerprint density at radius 2 is 2.05 bits per heavy atom. The van der Waals surface area contributed by atoms with Crippen LogP contribution in [0.15, 0.2) is 18.2 Å². The van der Waals surface area contributed by atoms with Gasteiger partial charge < -0.3 is 15.4 Å². The predicted octanol–water partition coefficient (Wildman–Crippen LogP) is 2.97. The molecule has 0 aliphatic carbocycles. The lowest BCUT2D eigenvalue weighted by Gasteiger charge is -2.25. The van der Waals surface area contributed by atoms with Crippen molar-refractivity contribution in [3.63, 3.8) is 0 Å². The second kappa shape index (κ2) is 7.29. The molecule has 0 saturated carbocycles. The van der Waals surface area contributed by atoms with Gasteiger partial charge in [0.1, 0.15) is 0 Å². The summed E-state index contributed by atoms with van der Waals surface area (Å²) in [5.74, 6) is -0.0720. The number of ether oxygens (including phenoxy) is 1. The Morgan fingerprint density at radius 1 is 1.35 bits per heavy atom. The second-order valence-corrected chi connectivity index (χ2v) is 5.73. The molecule has 0 aliphatic rings. The first kappa shape index (κ1) is 16.5. The summed E-state index contributed by atoms with van der Waals surface area (Å²) in [6, 6.07) is 5.72. The number of methoxy groups -OCH3 is 1. The summed E-state index contributed by atoms with van der Waals surface area (Å²) in [4.78, 5) is 12.2. The molecule has 1 aromatic carbocycles. The van der Waals surface area contributed by atoms with Crippen LogP contribution in [0.1, 0.15) is 43.1 Å². The number of amides is 1. The van der Waals surface area contributed by atoms with Crippen molar-refractivity contribution < 1.29 is 9.53 Å². The Kier molecular flexibility index (Phi) is 6.02. The monoisotopic (exact) mass is 278 g/mol. The molecule has 0 aliphatic heterocycles. The SMILES string of the molecule is CCCNc1ccc(C(=O)NC(C)(C)COC)cc1C. The van der Waals surface area contributed by atoms with Gasteiger partial charge in [0.2, 0.25) is 0 Å². The maximum atomic E-state index is 12.2. The van der Waals surface area contributed by atoms with E-state index in [4.69, 9.17) is 4.74 Å². The van der Waals surface area contributed by atoms with Crippen LogP contribution in [0.5, 0.6) is 0 Å². The standard InChI is InChI=1S/C16H26N2O2/c1-6-9-17-14-8-7-13(10-12(14)2)15(19)18-16(3,4)11-20-5/h7-8,10,17H,6,9,11H2,1-5H3,(H,18,19). The van der Waals surface area contributed by atoms with Crippen molar-refractivity contribution in [1.82, 2.24) is 5.32 Å². The Balaban J connectivity index is 2.77. The van der Waals surface area contributed by atoms with E-state index in [1.165, 1.54) is 0 Å². The third-order valence-electron chi connectivity index (χ3n) is 3.01. The van der Waals surface area contributed by atoms with E-state index in [2.05, 4.69) is 17.6 Å². The molecule has 1 amide bonds. The maximum Gasteiger partial charge on any atom is 0.251 e. The van der Waals surface area contributed by atoms with Crippen molar-refractivity contribution in [3.05, 3.63) is 29.3 Å². The number of hydrogen-bond acceptors (Lipinski definition) is 3. The average Bonchev–Trinajstić information content (AvgIpc) is 2.36. The highest BCUT2D eigenvalue weighted by Gasteiger charge is 2.21. The van der Waals surface area contributed by atoms with Gasteiger partial charge in [-0.3, -0.25) is 4.79 Å². The molecular formula is C16H26N2O2. The van der Waals surface area contributed by atoms with E-state index in [9.17, 15) is 4.79 Å². The minimum atomic E-state index is -0.376. The van der Waals surface area contributed by atoms with Crippen LogP contribution in [-0.4, -0.2) is 31.7 Å². The number of carbonyl (C=O) groups excluding carboxylic acids is 1. The van der Waals surface area contributed by atoms with Gasteiger partial charge in [-0.15, -0.1) is 0 Å². The summed E-state index contributed by atoms with van der Waals surface area (Å²) < 4.78 is 5.11. The zero-order valence-corrected chi connectivity index (χ0v) is 13.2. The van der Waals surface area contributed by atoms with Gasteiger partial charge in [0.15, 0.2) is 0 Å². The van der Waals surface area contributed by atoms with Crippen LogP contribution >= 0.6 is 0 Å². The molecule has 2 N–H and O–H groups in total. The summed E-state index contributed by atoms with van der Waals surface area (Å²) in [5, 5.41) is 6.32. The fourth-order valence-electron chi connectivity index (χ4n) is 2.04. The zero-order valence-electron chi connectivity index (χ0n) is 13.2. The van der Waals surface area contributed by atoms with Crippen LogP contribution in [-0.2, 0) is 4.74 Å². The molecule has 0 aromatic heterocycles. The van der Waals surface area contributed by atoms with Crippen LogP contribution in [0.4, 0.5) is 5.69 Å². The van der Waals surface area contributed by atoms with E-state index in [0.717, 1.165) is 24.2 Å². The molecular weight excluding hydrogens is 252 g/mol. The topological polar surface area (TPSA) is 50.4 Å². The van der Waals surface area contributed by atoms with E-state index in [0.29, 0.717) is 12.2 Å². The summed E-state index contributed by atoms with van der Waals surface area (Å²) >= 11 is 0. The largest absolute Gasteiger partial charge is 0.385 e. The number of carbonyl (C=O) groups is 1. The van der Waals surface area contributed by atoms with Gasteiger partial charge >= 0.3 is 0 Å². The molecule has 112 valence electrons. The highest BCUT2D eigenvalue weighted by Crippen LogP contribution is 2.17. The van der Waals surface area contributed by atoms with Crippen molar-refractivity contribution >= 4 is 11.6 Å². The number of aryl methyl sites for hydroxylation is 1. The number of benzene rings is 1. The van der Waals surface area contributed by atoms with Gasteiger partial charge in [-0.1, -0.05) is 6.92 Å². The van der Waals surface area contributed by atoms with Gasteiger partial charge in [-0.2, -0.15) is 0 Å². The molecule has 0 spiro atoms. The van der Waals surface area contributed by atoms with Crippen molar-refractivity contribution in [2.45, 2.75) is 39.7 Å². The summed E-state index contributed by atoms with van der Waals surface area (Å²) in [6.45, 7) is 9.44. The van der Waals surface area contributed by atoms with Crippen molar-refractivity contribution in [2.75, 3.05) is 25.6 Å². The van der Waals surface area contributed by atoms with Crippen LogP contribution in [0, 0.1) is 6.92 Å². The molecule has 0 bridgehead atoms. The molecule has 1 aromatic rings. The molecule has 4 heteroatoms. The molecule has 0 saturated heterocycles. The second-order valence-electron chi connectivity index (χ2n) is 5.73. The molecule has 1 rings (SSSR count). The highest BCUT2D eigenvalue weighted by molar-refractivity contribution is 5.95. The molecule has 4 nitrogen and oxygen atoms in total. The third kappa shape index (κ3) is 4.85. The molecule has 0 heterocycles. The first-order chi connectivity index (χ1) is 9.39. The minimum absolute atomic E-state index is 0.0720. The van der Waals surface area contributed by atoms with E-state index in [1.807, 2.05) is 39.0 Å². The Morgan fingerprint density at radius 3 is 2.60 bits per heavy atom. The van der Waals surface area contributed by atoms with E-state index in [-0.39, 0.29) is 11.4 Å². The van der Waals surface area contributed by atoms with Gasteiger partial charge in [0.25, 0.3) is 5.91 Å². The number of rotatable bonds is 7. The van der Waals surface area contributed by atoms with Crippen LogP contribution in [0.25, 0.3) is 0 Å². The Hall–Kier alpha value is -1.55. The van der Waals surface area contributed by atoms with Gasteiger partial charge in [-0.05, 0) is 51.0 Å².